The van der Waals surface area contributed by atoms with Gasteiger partial charge in [0.25, 0.3) is 0 Å². The Kier molecular flexibility index (Phi) is 4.23. The van der Waals surface area contributed by atoms with Gasteiger partial charge < -0.3 is 5.32 Å². The van der Waals surface area contributed by atoms with Gasteiger partial charge in [0.05, 0.1) is 5.39 Å². The van der Waals surface area contributed by atoms with Gasteiger partial charge in [0, 0.05) is 10.6 Å². The Hall–Kier alpha value is -1.94. The Morgan fingerprint density at radius 1 is 1.00 bits per heavy atom. The summed E-state index contributed by atoms with van der Waals surface area (Å²) in [4.78, 5) is 11.2. The van der Waals surface area contributed by atoms with E-state index >= 15 is 0 Å². The van der Waals surface area contributed by atoms with Gasteiger partial charge in [-0.15, -0.1) is 11.3 Å². The Labute approximate surface area is 147 Å². The molecule has 0 amide bonds. The first-order valence-electron chi connectivity index (χ1n) is 8.80. The third-order valence-electron chi connectivity index (χ3n) is 5.22. The molecule has 1 fully saturated rings. The van der Waals surface area contributed by atoms with Crippen LogP contribution in [0.4, 0.5) is 11.5 Å². The Balaban J connectivity index is 1.59. The fourth-order valence-electron chi connectivity index (χ4n) is 3.69. The summed E-state index contributed by atoms with van der Waals surface area (Å²) < 4.78 is 0. The maximum Gasteiger partial charge on any atom is 0.142 e. The van der Waals surface area contributed by atoms with Gasteiger partial charge in [0.1, 0.15) is 17.0 Å². The number of nitrogens with zero attached hydrogens (tertiary/aromatic N) is 2. The lowest BCUT2D eigenvalue weighted by Gasteiger charge is -2.22. The minimum atomic E-state index is 0.750. The molecule has 0 radical (unpaired) electrons. The van der Waals surface area contributed by atoms with E-state index in [1.54, 1.807) is 17.7 Å². The summed E-state index contributed by atoms with van der Waals surface area (Å²) in [6, 6.07) is 8.93. The van der Waals surface area contributed by atoms with Crippen molar-refractivity contribution in [2.24, 2.45) is 0 Å². The van der Waals surface area contributed by atoms with E-state index in [1.165, 1.54) is 48.1 Å². The SMILES string of the molecule is Cc1sc2ncnc(Nc3ccc(C4CCCCC4)cc3)c2c1C. The van der Waals surface area contributed by atoms with Crippen LogP contribution < -0.4 is 5.32 Å². The molecule has 0 bridgehead atoms. The molecule has 3 nitrogen and oxygen atoms in total. The number of nitrogens with one attached hydrogen (secondary N) is 1. The second-order valence-corrected chi connectivity index (χ2v) is 7.97. The molecule has 0 aliphatic heterocycles. The van der Waals surface area contributed by atoms with E-state index in [0.717, 1.165) is 27.6 Å². The molecule has 2 aromatic heterocycles. The Morgan fingerprint density at radius 3 is 2.50 bits per heavy atom. The van der Waals surface area contributed by atoms with Gasteiger partial charge >= 0.3 is 0 Å². The summed E-state index contributed by atoms with van der Waals surface area (Å²) in [5, 5.41) is 4.64. The molecule has 2 heterocycles. The molecule has 0 spiro atoms. The molecular weight excluding hydrogens is 314 g/mol. The number of benzene rings is 1. The molecule has 24 heavy (non-hydrogen) atoms. The zero-order chi connectivity index (χ0) is 16.5. The van der Waals surface area contributed by atoms with Crippen molar-refractivity contribution in [3.05, 3.63) is 46.6 Å². The van der Waals surface area contributed by atoms with Crippen molar-refractivity contribution in [1.29, 1.82) is 0 Å². The molecule has 4 heteroatoms. The summed E-state index contributed by atoms with van der Waals surface area (Å²) in [5.41, 5.74) is 3.85. The molecule has 4 rings (SSSR count). The predicted molar refractivity (Wildman–Crippen MR) is 102 cm³/mol. The van der Waals surface area contributed by atoms with Crippen LogP contribution in [0.1, 0.15) is 54.0 Å². The zero-order valence-electron chi connectivity index (χ0n) is 14.3. The van der Waals surface area contributed by atoms with Crippen molar-refractivity contribution in [3.63, 3.8) is 0 Å². The molecule has 0 unspecified atom stereocenters. The van der Waals surface area contributed by atoms with Gasteiger partial charge in [-0.3, -0.25) is 0 Å². The highest BCUT2D eigenvalue weighted by molar-refractivity contribution is 7.18. The number of aromatic nitrogens is 2. The molecule has 1 aromatic carbocycles. The zero-order valence-corrected chi connectivity index (χ0v) is 15.1. The van der Waals surface area contributed by atoms with E-state index < -0.39 is 0 Å². The van der Waals surface area contributed by atoms with Crippen molar-refractivity contribution in [1.82, 2.24) is 9.97 Å². The number of hydrogen-bond donors (Lipinski definition) is 1. The molecule has 0 atom stereocenters. The molecule has 0 saturated heterocycles. The van der Waals surface area contributed by atoms with E-state index in [2.05, 4.69) is 53.4 Å². The third kappa shape index (κ3) is 2.91. The number of fused-ring (bicyclic) bond motifs is 1. The fraction of sp³-hybridized carbons (Fsp3) is 0.400. The van der Waals surface area contributed by atoms with E-state index in [9.17, 15) is 0 Å². The first kappa shape index (κ1) is 15.6. The van der Waals surface area contributed by atoms with Crippen LogP contribution >= 0.6 is 11.3 Å². The average Bonchev–Trinajstić information content (AvgIpc) is 2.92. The van der Waals surface area contributed by atoms with Gasteiger partial charge in [-0.1, -0.05) is 31.4 Å². The third-order valence-corrected chi connectivity index (χ3v) is 6.33. The van der Waals surface area contributed by atoms with E-state index in [1.807, 2.05) is 0 Å². The molecule has 1 aliphatic carbocycles. The summed E-state index contributed by atoms with van der Waals surface area (Å²) in [5.74, 6) is 1.66. The molecule has 1 aliphatic rings. The smallest absolute Gasteiger partial charge is 0.142 e. The van der Waals surface area contributed by atoms with Crippen LogP contribution in [0.25, 0.3) is 10.2 Å². The van der Waals surface area contributed by atoms with Crippen molar-refractivity contribution < 1.29 is 0 Å². The van der Waals surface area contributed by atoms with E-state index in [-0.39, 0.29) is 0 Å². The first-order valence-corrected chi connectivity index (χ1v) is 9.61. The summed E-state index contributed by atoms with van der Waals surface area (Å²) in [6.45, 7) is 4.29. The summed E-state index contributed by atoms with van der Waals surface area (Å²) in [7, 11) is 0. The molecule has 1 N–H and O–H groups in total. The molecule has 1 saturated carbocycles. The highest BCUT2D eigenvalue weighted by atomic mass is 32.1. The lowest BCUT2D eigenvalue weighted by atomic mass is 9.84. The van der Waals surface area contributed by atoms with Crippen LogP contribution in [0.2, 0.25) is 0 Å². The maximum atomic E-state index is 4.47. The van der Waals surface area contributed by atoms with Crippen molar-refractivity contribution in [3.8, 4) is 0 Å². The van der Waals surface area contributed by atoms with Gasteiger partial charge in [0.2, 0.25) is 0 Å². The standard InChI is InChI=1S/C20H23N3S/c1-13-14(2)24-20-18(13)19(21-12-22-20)23-17-10-8-16(9-11-17)15-6-4-3-5-7-15/h8-12,15H,3-7H2,1-2H3,(H,21,22,23). The number of thiophene rings is 1. The quantitative estimate of drug-likeness (QED) is 0.627. The van der Waals surface area contributed by atoms with Crippen molar-refractivity contribution >= 4 is 33.1 Å². The fourth-order valence-corrected chi connectivity index (χ4v) is 4.69. The number of hydrogen-bond acceptors (Lipinski definition) is 4. The van der Waals surface area contributed by atoms with Crippen LogP contribution in [0, 0.1) is 13.8 Å². The summed E-state index contributed by atoms with van der Waals surface area (Å²) in [6.07, 6.45) is 8.48. The first-order chi connectivity index (χ1) is 11.7. The van der Waals surface area contributed by atoms with E-state index in [0.29, 0.717) is 0 Å². The predicted octanol–water partition coefficient (Wildman–Crippen LogP) is 6.10. The van der Waals surface area contributed by atoms with Crippen molar-refractivity contribution in [2.45, 2.75) is 51.9 Å². The minimum absolute atomic E-state index is 0.750. The van der Waals surface area contributed by atoms with Gasteiger partial charge in [-0.25, -0.2) is 9.97 Å². The lowest BCUT2D eigenvalue weighted by molar-refractivity contribution is 0.443. The topological polar surface area (TPSA) is 37.8 Å². The minimum Gasteiger partial charge on any atom is -0.340 e. The average molecular weight is 337 g/mol. The largest absolute Gasteiger partial charge is 0.340 e. The number of rotatable bonds is 3. The highest BCUT2D eigenvalue weighted by Crippen LogP contribution is 2.35. The van der Waals surface area contributed by atoms with Crippen LogP contribution in [0.3, 0.4) is 0 Å². The Bertz CT molecular complexity index is 845. The van der Waals surface area contributed by atoms with Gasteiger partial charge in [-0.2, -0.15) is 0 Å². The normalized spacial score (nSPS) is 15.8. The number of anilines is 2. The highest BCUT2D eigenvalue weighted by Gasteiger charge is 2.16. The van der Waals surface area contributed by atoms with Gasteiger partial charge in [0.15, 0.2) is 0 Å². The summed E-state index contributed by atoms with van der Waals surface area (Å²) >= 11 is 1.73. The maximum absolute atomic E-state index is 4.47. The Morgan fingerprint density at radius 2 is 1.75 bits per heavy atom. The van der Waals surface area contributed by atoms with Crippen LogP contribution in [-0.2, 0) is 0 Å². The van der Waals surface area contributed by atoms with E-state index in [4.69, 9.17) is 0 Å². The van der Waals surface area contributed by atoms with Crippen LogP contribution in [0.15, 0.2) is 30.6 Å². The molecule has 124 valence electrons. The number of aryl methyl sites for hydroxylation is 2. The van der Waals surface area contributed by atoms with Gasteiger partial charge in [-0.05, 0) is 55.9 Å². The second-order valence-electron chi connectivity index (χ2n) is 6.77. The molecule has 3 aromatic rings. The van der Waals surface area contributed by atoms with Crippen LogP contribution in [0.5, 0.6) is 0 Å². The lowest BCUT2D eigenvalue weighted by Crippen LogP contribution is -2.04. The van der Waals surface area contributed by atoms with Crippen LogP contribution in [-0.4, -0.2) is 9.97 Å². The molecular formula is C20H23N3S. The van der Waals surface area contributed by atoms with Crippen molar-refractivity contribution in [2.75, 3.05) is 5.32 Å². The second kappa shape index (κ2) is 6.52. The monoisotopic (exact) mass is 337 g/mol.